The molecule has 1 unspecified atom stereocenters. The van der Waals surface area contributed by atoms with Gasteiger partial charge in [0.15, 0.2) is 16.0 Å². The number of hydrogen-bond donors (Lipinski definition) is 1. The second-order valence-corrected chi connectivity index (χ2v) is 5.32. The van der Waals surface area contributed by atoms with Crippen molar-refractivity contribution in [3.8, 4) is 10.8 Å². The maximum atomic E-state index is 6.16. The third-order valence-electron chi connectivity index (χ3n) is 2.65. The Balaban J connectivity index is 1.89. The summed E-state index contributed by atoms with van der Waals surface area (Å²) in [5.41, 5.74) is 7.17. The van der Waals surface area contributed by atoms with E-state index >= 15 is 0 Å². The quantitative estimate of drug-likeness (QED) is 0.802. The van der Waals surface area contributed by atoms with Gasteiger partial charge in [0.25, 0.3) is 0 Å². The van der Waals surface area contributed by atoms with Crippen LogP contribution in [0.2, 0.25) is 5.22 Å². The number of halogens is 1. The molecule has 0 saturated heterocycles. The summed E-state index contributed by atoms with van der Waals surface area (Å²) in [7, 11) is 0. The van der Waals surface area contributed by atoms with Crippen molar-refractivity contribution in [2.75, 3.05) is 0 Å². The topological polar surface area (TPSA) is 64.9 Å². The van der Waals surface area contributed by atoms with Crippen LogP contribution >= 0.6 is 22.9 Å². The lowest BCUT2D eigenvalue weighted by Crippen LogP contribution is -2.11. The van der Waals surface area contributed by atoms with Crippen LogP contribution in [0.1, 0.15) is 16.6 Å². The summed E-state index contributed by atoms with van der Waals surface area (Å²) < 4.78 is 5.30. The first kappa shape index (κ1) is 12.3. The normalized spacial score (nSPS) is 12.5. The Morgan fingerprint density at radius 3 is 2.58 bits per heavy atom. The molecule has 4 nitrogen and oxygen atoms in total. The largest absolute Gasteiger partial charge is 0.442 e. The van der Waals surface area contributed by atoms with Gasteiger partial charge in [-0.3, -0.25) is 0 Å². The minimum Gasteiger partial charge on any atom is -0.442 e. The van der Waals surface area contributed by atoms with Gasteiger partial charge in [0, 0.05) is 0 Å². The molecule has 3 rings (SSSR count). The van der Waals surface area contributed by atoms with Gasteiger partial charge < -0.3 is 10.2 Å². The highest BCUT2D eigenvalue weighted by Gasteiger charge is 2.16. The van der Waals surface area contributed by atoms with Crippen LogP contribution in [-0.4, -0.2) is 10.2 Å². The Morgan fingerprint density at radius 1 is 1.11 bits per heavy atom. The van der Waals surface area contributed by atoms with E-state index in [1.54, 1.807) is 12.1 Å². The number of aromatic nitrogens is 2. The molecule has 2 aromatic heterocycles. The molecule has 6 heteroatoms. The molecule has 96 valence electrons. The van der Waals surface area contributed by atoms with Gasteiger partial charge in [-0.25, -0.2) is 0 Å². The van der Waals surface area contributed by atoms with Gasteiger partial charge >= 0.3 is 0 Å². The maximum Gasteiger partial charge on any atom is 0.194 e. The Labute approximate surface area is 118 Å². The van der Waals surface area contributed by atoms with Gasteiger partial charge in [-0.2, -0.15) is 0 Å². The molecule has 2 N–H and O–H groups in total. The Bertz CT molecular complexity index is 680. The van der Waals surface area contributed by atoms with Crippen molar-refractivity contribution in [3.05, 3.63) is 58.3 Å². The zero-order valence-corrected chi connectivity index (χ0v) is 11.4. The van der Waals surface area contributed by atoms with Crippen molar-refractivity contribution < 1.29 is 4.42 Å². The highest BCUT2D eigenvalue weighted by atomic mass is 35.5. The van der Waals surface area contributed by atoms with E-state index in [-0.39, 0.29) is 6.04 Å². The van der Waals surface area contributed by atoms with Crippen LogP contribution in [0, 0.1) is 0 Å². The monoisotopic (exact) mass is 291 g/mol. The fourth-order valence-corrected chi connectivity index (χ4v) is 2.67. The lowest BCUT2D eigenvalue weighted by molar-refractivity contribution is 0.583. The molecule has 0 spiro atoms. The van der Waals surface area contributed by atoms with E-state index < -0.39 is 0 Å². The molecule has 0 saturated carbocycles. The summed E-state index contributed by atoms with van der Waals surface area (Å²) in [6, 6.07) is 12.9. The van der Waals surface area contributed by atoms with Crippen LogP contribution in [-0.2, 0) is 0 Å². The second kappa shape index (κ2) is 5.13. The summed E-state index contributed by atoms with van der Waals surface area (Å²) >= 11 is 7.14. The van der Waals surface area contributed by atoms with E-state index in [1.807, 2.05) is 30.3 Å². The Morgan fingerprint density at radius 2 is 1.89 bits per heavy atom. The number of hydrogen-bond acceptors (Lipinski definition) is 5. The maximum absolute atomic E-state index is 6.16. The van der Waals surface area contributed by atoms with Crippen LogP contribution in [0.15, 0.2) is 46.9 Å². The predicted molar refractivity (Wildman–Crippen MR) is 75.1 cm³/mol. The minimum absolute atomic E-state index is 0.280. The lowest BCUT2D eigenvalue weighted by atomic mass is 10.1. The molecule has 0 aliphatic carbocycles. The fraction of sp³-hybridized carbons (Fsp3) is 0.0769. The van der Waals surface area contributed by atoms with Crippen molar-refractivity contribution in [2.45, 2.75) is 6.04 Å². The van der Waals surface area contributed by atoms with Crippen molar-refractivity contribution in [1.29, 1.82) is 0 Å². The highest BCUT2D eigenvalue weighted by molar-refractivity contribution is 7.14. The summed E-state index contributed by atoms with van der Waals surface area (Å²) in [4.78, 5) is 0. The summed E-state index contributed by atoms with van der Waals surface area (Å²) in [6.45, 7) is 0. The SMILES string of the molecule is NC(c1ccccc1)c1nnc(-c2ccc(Cl)o2)s1. The summed E-state index contributed by atoms with van der Waals surface area (Å²) in [5, 5.41) is 9.95. The summed E-state index contributed by atoms with van der Waals surface area (Å²) in [6.07, 6.45) is 0. The second-order valence-electron chi connectivity index (χ2n) is 3.94. The Hall–Kier alpha value is -1.69. The van der Waals surface area contributed by atoms with Crippen LogP contribution in [0.3, 0.4) is 0 Å². The van der Waals surface area contributed by atoms with Crippen molar-refractivity contribution in [3.63, 3.8) is 0 Å². The van der Waals surface area contributed by atoms with Crippen LogP contribution in [0.5, 0.6) is 0 Å². The molecular weight excluding hydrogens is 282 g/mol. The highest BCUT2D eigenvalue weighted by Crippen LogP contribution is 2.30. The molecule has 0 radical (unpaired) electrons. The predicted octanol–water partition coefficient (Wildman–Crippen LogP) is 3.50. The number of benzene rings is 1. The molecule has 0 aliphatic heterocycles. The first-order chi connectivity index (χ1) is 9.24. The Kier molecular flexibility index (Phi) is 3.33. The molecule has 0 fully saturated rings. The molecule has 0 bridgehead atoms. The first-order valence-electron chi connectivity index (χ1n) is 5.63. The molecule has 1 aromatic carbocycles. The van der Waals surface area contributed by atoms with Crippen molar-refractivity contribution >= 4 is 22.9 Å². The zero-order chi connectivity index (χ0) is 13.2. The number of rotatable bonds is 3. The molecule has 1 atom stereocenters. The van der Waals surface area contributed by atoms with E-state index in [4.69, 9.17) is 21.8 Å². The van der Waals surface area contributed by atoms with Gasteiger partial charge in [0.2, 0.25) is 0 Å². The average Bonchev–Trinajstić information content (AvgIpc) is 3.07. The molecular formula is C13H10ClN3OS. The van der Waals surface area contributed by atoms with Gasteiger partial charge in [0.05, 0.1) is 6.04 Å². The van der Waals surface area contributed by atoms with Crippen molar-refractivity contribution in [1.82, 2.24) is 10.2 Å². The van der Waals surface area contributed by atoms with E-state index in [1.165, 1.54) is 11.3 Å². The smallest absolute Gasteiger partial charge is 0.194 e. The van der Waals surface area contributed by atoms with E-state index in [9.17, 15) is 0 Å². The number of nitrogens with zero attached hydrogens (tertiary/aromatic N) is 2. The third kappa shape index (κ3) is 2.53. The standard InChI is InChI=1S/C13H10ClN3OS/c14-10-7-6-9(18-10)12-16-17-13(19-12)11(15)8-4-2-1-3-5-8/h1-7,11H,15H2. The molecule has 19 heavy (non-hydrogen) atoms. The first-order valence-corrected chi connectivity index (χ1v) is 6.83. The van der Waals surface area contributed by atoms with E-state index in [0.717, 1.165) is 10.6 Å². The van der Waals surface area contributed by atoms with Gasteiger partial charge in [-0.15, -0.1) is 10.2 Å². The molecule has 2 heterocycles. The third-order valence-corrected chi connectivity index (χ3v) is 3.87. The summed E-state index contributed by atoms with van der Waals surface area (Å²) in [5.74, 6) is 0.606. The van der Waals surface area contributed by atoms with Gasteiger partial charge in [0.1, 0.15) is 5.01 Å². The van der Waals surface area contributed by atoms with Crippen LogP contribution in [0.4, 0.5) is 0 Å². The van der Waals surface area contributed by atoms with E-state index in [2.05, 4.69) is 10.2 Å². The van der Waals surface area contributed by atoms with Gasteiger partial charge in [-0.05, 0) is 29.3 Å². The lowest BCUT2D eigenvalue weighted by Gasteiger charge is -2.06. The zero-order valence-electron chi connectivity index (χ0n) is 9.79. The number of nitrogens with two attached hydrogens (primary N) is 1. The fourth-order valence-electron chi connectivity index (χ4n) is 1.69. The van der Waals surface area contributed by atoms with Crippen LogP contribution in [0.25, 0.3) is 10.8 Å². The van der Waals surface area contributed by atoms with Gasteiger partial charge in [-0.1, -0.05) is 41.7 Å². The molecule has 0 aliphatic rings. The molecule has 0 amide bonds. The van der Waals surface area contributed by atoms with E-state index in [0.29, 0.717) is 16.0 Å². The minimum atomic E-state index is -0.280. The van der Waals surface area contributed by atoms with Crippen molar-refractivity contribution in [2.24, 2.45) is 5.73 Å². The van der Waals surface area contributed by atoms with Crippen LogP contribution < -0.4 is 5.73 Å². The molecule has 3 aromatic rings. The average molecular weight is 292 g/mol. The number of furan rings is 1.